The number of rotatable bonds is 4. The lowest BCUT2D eigenvalue weighted by Crippen LogP contribution is -2.06. The number of anilines is 2. The molecule has 0 radical (unpaired) electrons. The highest BCUT2D eigenvalue weighted by molar-refractivity contribution is 6.30. The molecular formula is C20H15ClN6O. The zero-order valence-corrected chi connectivity index (χ0v) is 15.4. The Bertz CT molecular complexity index is 1310. The maximum absolute atomic E-state index is 9.65. The second kappa shape index (κ2) is 6.54. The molecule has 0 atom stereocenters. The van der Waals surface area contributed by atoms with E-state index in [9.17, 15) is 5.11 Å². The first-order valence-electron chi connectivity index (χ1n) is 8.67. The van der Waals surface area contributed by atoms with Crippen LogP contribution in [0.5, 0.6) is 5.75 Å². The SMILES string of the molecule is Oc1ccc2c(ccn2Cc2nnc3ccc(Nc4cccc(Cl)c4)nn23)c1. The van der Waals surface area contributed by atoms with Crippen molar-refractivity contribution >= 4 is 39.7 Å². The number of nitrogens with one attached hydrogen (secondary N) is 1. The summed E-state index contributed by atoms with van der Waals surface area (Å²) in [5, 5.41) is 27.6. The molecule has 0 saturated heterocycles. The van der Waals surface area contributed by atoms with E-state index in [0.29, 0.717) is 28.9 Å². The van der Waals surface area contributed by atoms with Crippen molar-refractivity contribution in [3.63, 3.8) is 0 Å². The van der Waals surface area contributed by atoms with E-state index in [0.717, 1.165) is 16.6 Å². The molecule has 28 heavy (non-hydrogen) atoms. The van der Waals surface area contributed by atoms with Gasteiger partial charge in [0.15, 0.2) is 17.3 Å². The topological polar surface area (TPSA) is 80.3 Å². The molecule has 0 bridgehead atoms. The van der Waals surface area contributed by atoms with Crippen LogP contribution in [0, 0.1) is 0 Å². The zero-order chi connectivity index (χ0) is 19.1. The summed E-state index contributed by atoms with van der Waals surface area (Å²) in [4.78, 5) is 0. The van der Waals surface area contributed by atoms with E-state index >= 15 is 0 Å². The molecule has 0 spiro atoms. The van der Waals surface area contributed by atoms with E-state index in [1.807, 2.05) is 59.3 Å². The van der Waals surface area contributed by atoms with Crippen LogP contribution >= 0.6 is 11.6 Å². The van der Waals surface area contributed by atoms with Gasteiger partial charge in [0.25, 0.3) is 0 Å². The Hall–Kier alpha value is -3.58. The number of benzene rings is 2. The second-order valence-electron chi connectivity index (χ2n) is 6.43. The maximum atomic E-state index is 9.65. The van der Waals surface area contributed by atoms with Gasteiger partial charge in [-0.1, -0.05) is 17.7 Å². The Labute approximate surface area is 164 Å². The van der Waals surface area contributed by atoms with Crippen molar-refractivity contribution in [3.8, 4) is 5.75 Å². The van der Waals surface area contributed by atoms with E-state index in [4.69, 9.17) is 11.6 Å². The highest BCUT2D eigenvalue weighted by atomic mass is 35.5. The zero-order valence-electron chi connectivity index (χ0n) is 14.6. The van der Waals surface area contributed by atoms with E-state index in [1.54, 1.807) is 16.6 Å². The molecule has 138 valence electrons. The van der Waals surface area contributed by atoms with Crippen molar-refractivity contribution in [2.24, 2.45) is 0 Å². The molecule has 2 aromatic carbocycles. The first-order chi connectivity index (χ1) is 13.7. The summed E-state index contributed by atoms with van der Waals surface area (Å²) in [6, 6.07) is 18.4. The van der Waals surface area contributed by atoms with Gasteiger partial charge in [-0.25, -0.2) is 0 Å². The molecule has 5 rings (SSSR count). The Morgan fingerprint density at radius 1 is 1.00 bits per heavy atom. The van der Waals surface area contributed by atoms with Crippen LogP contribution in [-0.4, -0.2) is 29.5 Å². The van der Waals surface area contributed by atoms with Crippen molar-refractivity contribution in [1.82, 2.24) is 24.4 Å². The summed E-state index contributed by atoms with van der Waals surface area (Å²) in [7, 11) is 0. The average Bonchev–Trinajstić information content (AvgIpc) is 3.26. The predicted molar refractivity (Wildman–Crippen MR) is 108 cm³/mol. The Morgan fingerprint density at radius 2 is 1.93 bits per heavy atom. The van der Waals surface area contributed by atoms with Crippen molar-refractivity contribution in [3.05, 3.63) is 77.7 Å². The third-order valence-corrected chi connectivity index (χ3v) is 4.73. The van der Waals surface area contributed by atoms with Gasteiger partial charge in [-0.3, -0.25) is 0 Å². The summed E-state index contributed by atoms with van der Waals surface area (Å²) >= 11 is 6.05. The smallest absolute Gasteiger partial charge is 0.178 e. The molecule has 3 aromatic heterocycles. The third-order valence-electron chi connectivity index (χ3n) is 4.49. The van der Waals surface area contributed by atoms with Gasteiger partial charge in [0.2, 0.25) is 0 Å². The molecule has 0 aliphatic carbocycles. The van der Waals surface area contributed by atoms with Gasteiger partial charge in [-0.2, -0.15) is 4.52 Å². The molecule has 0 amide bonds. The lowest BCUT2D eigenvalue weighted by atomic mass is 10.2. The molecule has 3 heterocycles. The standard InChI is InChI=1S/C20H15ClN6O/c21-14-2-1-3-15(11-14)22-18-6-7-19-23-24-20(27(19)25-18)12-26-9-8-13-10-16(28)4-5-17(13)26/h1-11,28H,12H2,(H,22,25). The summed E-state index contributed by atoms with van der Waals surface area (Å²) in [5.74, 6) is 1.62. The number of phenols is 1. The number of aromatic hydroxyl groups is 1. The molecule has 0 unspecified atom stereocenters. The fourth-order valence-electron chi connectivity index (χ4n) is 3.19. The Morgan fingerprint density at radius 3 is 2.82 bits per heavy atom. The van der Waals surface area contributed by atoms with Crippen LogP contribution in [-0.2, 0) is 6.54 Å². The molecule has 7 nitrogen and oxygen atoms in total. The van der Waals surface area contributed by atoms with Crippen LogP contribution in [0.4, 0.5) is 11.5 Å². The van der Waals surface area contributed by atoms with E-state index in [1.165, 1.54) is 0 Å². The van der Waals surface area contributed by atoms with E-state index < -0.39 is 0 Å². The number of halogens is 1. The Kier molecular flexibility index (Phi) is 3.87. The first-order valence-corrected chi connectivity index (χ1v) is 9.05. The van der Waals surface area contributed by atoms with Gasteiger partial charge in [0, 0.05) is 27.8 Å². The molecule has 0 aliphatic rings. The second-order valence-corrected chi connectivity index (χ2v) is 6.86. The largest absolute Gasteiger partial charge is 0.508 e. The van der Waals surface area contributed by atoms with Gasteiger partial charge in [0.05, 0.1) is 6.54 Å². The highest BCUT2D eigenvalue weighted by Crippen LogP contribution is 2.22. The van der Waals surface area contributed by atoms with Gasteiger partial charge >= 0.3 is 0 Å². The Balaban J connectivity index is 1.49. The quantitative estimate of drug-likeness (QED) is 0.480. The van der Waals surface area contributed by atoms with Gasteiger partial charge in [-0.05, 0) is 54.6 Å². The summed E-state index contributed by atoms with van der Waals surface area (Å²) in [6.45, 7) is 0.503. The molecule has 0 fully saturated rings. The number of nitrogens with zero attached hydrogens (tertiary/aromatic N) is 5. The predicted octanol–water partition coefficient (Wildman–Crippen LogP) is 4.23. The minimum absolute atomic E-state index is 0.247. The van der Waals surface area contributed by atoms with Crippen LogP contribution in [0.1, 0.15) is 5.82 Å². The van der Waals surface area contributed by atoms with Crippen molar-refractivity contribution in [2.45, 2.75) is 6.54 Å². The van der Waals surface area contributed by atoms with Crippen LogP contribution in [0.3, 0.4) is 0 Å². The number of aromatic nitrogens is 5. The van der Waals surface area contributed by atoms with Gasteiger partial charge in [-0.15, -0.1) is 15.3 Å². The number of hydrogen-bond acceptors (Lipinski definition) is 5. The molecular weight excluding hydrogens is 376 g/mol. The number of phenolic OH excluding ortho intramolecular Hbond substituents is 1. The number of hydrogen-bond donors (Lipinski definition) is 2. The molecule has 0 saturated carbocycles. The van der Waals surface area contributed by atoms with E-state index in [-0.39, 0.29) is 5.75 Å². The minimum atomic E-state index is 0.247. The van der Waals surface area contributed by atoms with Gasteiger partial charge in [0.1, 0.15) is 5.75 Å². The monoisotopic (exact) mass is 390 g/mol. The van der Waals surface area contributed by atoms with Crippen molar-refractivity contribution < 1.29 is 5.11 Å². The van der Waals surface area contributed by atoms with Crippen LogP contribution in [0.15, 0.2) is 66.9 Å². The maximum Gasteiger partial charge on any atom is 0.178 e. The van der Waals surface area contributed by atoms with Crippen LogP contribution in [0.25, 0.3) is 16.6 Å². The molecule has 5 aromatic rings. The fraction of sp³-hybridized carbons (Fsp3) is 0.0500. The molecule has 8 heteroatoms. The summed E-state index contributed by atoms with van der Waals surface area (Å²) in [6.07, 6.45) is 1.96. The highest BCUT2D eigenvalue weighted by Gasteiger charge is 2.10. The first kappa shape index (κ1) is 16.6. The third kappa shape index (κ3) is 3.01. The van der Waals surface area contributed by atoms with Crippen molar-refractivity contribution in [1.29, 1.82) is 0 Å². The van der Waals surface area contributed by atoms with Crippen LogP contribution in [0.2, 0.25) is 5.02 Å². The lowest BCUT2D eigenvalue weighted by Gasteiger charge is -2.07. The fourth-order valence-corrected chi connectivity index (χ4v) is 3.38. The van der Waals surface area contributed by atoms with Gasteiger partial charge < -0.3 is 15.0 Å². The van der Waals surface area contributed by atoms with E-state index in [2.05, 4.69) is 20.6 Å². The minimum Gasteiger partial charge on any atom is -0.508 e. The molecule has 0 aliphatic heterocycles. The van der Waals surface area contributed by atoms with Crippen LogP contribution < -0.4 is 5.32 Å². The summed E-state index contributed by atoms with van der Waals surface area (Å²) < 4.78 is 3.77. The van der Waals surface area contributed by atoms with Crippen molar-refractivity contribution in [2.75, 3.05) is 5.32 Å². The summed E-state index contributed by atoms with van der Waals surface area (Å²) in [5.41, 5.74) is 2.52. The number of fused-ring (bicyclic) bond motifs is 2. The lowest BCUT2D eigenvalue weighted by molar-refractivity contribution is 0.476. The molecule has 2 N–H and O–H groups in total. The average molecular weight is 391 g/mol. The normalized spacial score (nSPS) is 11.3.